The zero-order valence-electron chi connectivity index (χ0n) is 17.2. The van der Waals surface area contributed by atoms with Crippen LogP contribution in [0.5, 0.6) is 11.6 Å². The van der Waals surface area contributed by atoms with E-state index >= 15 is 0 Å². The second kappa shape index (κ2) is 12.5. The molecule has 1 aliphatic rings. The highest BCUT2D eigenvalue weighted by atomic mass is 127. The monoisotopic (exact) mass is 510 g/mol. The van der Waals surface area contributed by atoms with E-state index < -0.39 is 0 Å². The van der Waals surface area contributed by atoms with Crippen LogP contribution >= 0.6 is 24.0 Å². The molecule has 1 N–H and O–H groups in total. The number of guanidine groups is 1. The number of hydrogen-bond donors (Lipinski definition) is 1. The Morgan fingerprint density at radius 2 is 1.93 bits per heavy atom. The molecule has 0 aliphatic carbocycles. The quantitative estimate of drug-likeness (QED) is 0.345. The molecule has 0 spiro atoms. The minimum atomic E-state index is 0. The fraction of sp³-hybridized carbons (Fsp3) is 0.455. The summed E-state index contributed by atoms with van der Waals surface area (Å²) in [6.07, 6.45) is 4.01. The third kappa shape index (κ3) is 7.38. The van der Waals surface area contributed by atoms with E-state index in [1.165, 1.54) is 0 Å². The van der Waals surface area contributed by atoms with Crippen LogP contribution in [0.15, 0.2) is 53.7 Å². The van der Waals surface area contributed by atoms with Gasteiger partial charge in [-0.15, -0.1) is 24.0 Å². The molecule has 7 heteroatoms. The number of hydrogen-bond acceptors (Lipinski definition) is 4. The van der Waals surface area contributed by atoms with Gasteiger partial charge in [0.2, 0.25) is 5.88 Å². The van der Waals surface area contributed by atoms with Crippen LogP contribution in [0.25, 0.3) is 0 Å². The second-order valence-corrected chi connectivity index (χ2v) is 6.72. The number of nitrogens with zero attached hydrogens (tertiary/aromatic N) is 3. The highest BCUT2D eigenvalue weighted by molar-refractivity contribution is 14.0. The van der Waals surface area contributed by atoms with Gasteiger partial charge in [0.1, 0.15) is 11.9 Å². The second-order valence-electron chi connectivity index (χ2n) is 6.72. The van der Waals surface area contributed by atoms with Crippen LogP contribution in [0.3, 0.4) is 0 Å². The van der Waals surface area contributed by atoms with Crippen LogP contribution < -0.4 is 14.8 Å². The summed E-state index contributed by atoms with van der Waals surface area (Å²) in [6, 6.07) is 14.0. The number of aromatic nitrogens is 1. The fourth-order valence-electron chi connectivity index (χ4n) is 3.24. The summed E-state index contributed by atoms with van der Waals surface area (Å²) in [5, 5.41) is 3.42. The molecule has 1 aromatic carbocycles. The Kier molecular flexibility index (Phi) is 10.0. The lowest BCUT2D eigenvalue weighted by Crippen LogP contribution is -2.47. The molecule has 1 fully saturated rings. The number of halogens is 1. The zero-order valence-corrected chi connectivity index (χ0v) is 19.5. The molecule has 0 atom stereocenters. The number of piperidine rings is 1. The number of benzene rings is 1. The molecule has 6 nitrogen and oxygen atoms in total. The van der Waals surface area contributed by atoms with E-state index in [0.29, 0.717) is 19.0 Å². The number of rotatable bonds is 7. The number of ether oxygens (including phenoxy) is 2. The Labute approximate surface area is 190 Å². The molecule has 0 unspecified atom stereocenters. The smallest absolute Gasteiger partial charge is 0.213 e. The summed E-state index contributed by atoms with van der Waals surface area (Å²) < 4.78 is 11.6. The first-order valence-corrected chi connectivity index (χ1v) is 10.1. The number of pyridine rings is 1. The van der Waals surface area contributed by atoms with Crippen molar-refractivity contribution < 1.29 is 9.47 Å². The molecule has 0 saturated carbocycles. The van der Waals surface area contributed by atoms with Crippen LogP contribution in [0.1, 0.15) is 32.3 Å². The first-order valence-electron chi connectivity index (χ1n) is 10.1. The van der Waals surface area contributed by atoms with Crippen LogP contribution in [0, 0.1) is 0 Å². The molecule has 0 bridgehead atoms. The van der Waals surface area contributed by atoms with Crippen molar-refractivity contribution in [3.05, 3.63) is 54.2 Å². The third-order valence-corrected chi connectivity index (χ3v) is 4.63. The SMILES string of the molecule is CCNC(=NCc1ccnc(OCC)c1)N1CCC(Oc2ccccc2)CC1.I. The lowest BCUT2D eigenvalue weighted by atomic mass is 10.1. The molecular weight excluding hydrogens is 479 g/mol. The van der Waals surface area contributed by atoms with E-state index in [1.807, 2.05) is 49.4 Å². The molecule has 158 valence electrons. The van der Waals surface area contributed by atoms with E-state index in [-0.39, 0.29) is 30.1 Å². The molecule has 3 rings (SSSR count). The van der Waals surface area contributed by atoms with Gasteiger partial charge in [0.15, 0.2) is 5.96 Å². The average Bonchev–Trinajstić information content (AvgIpc) is 2.73. The Bertz CT molecular complexity index is 749. The van der Waals surface area contributed by atoms with Crippen molar-refractivity contribution in [1.82, 2.24) is 15.2 Å². The fourth-order valence-corrected chi connectivity index (χ4v) is 3.24. The average molecular weight is 510 g/mol. The van der Waals surface area contributed by atoms with Crippen molar-refractivity contribution in [2.24, 2.45) is 4.99 Å². The molecule has 1 aromatic heterocycles. The van der Waals surface area contributed by atoms with Crippen molar-refractivity contribution in [2.45, 2.75) is 39.3 Å². The maximum Gasteiger partial charge on any atom is 0.213 e. The highest BCUT2D eigenvalue weighted by Gasteiger charge is 2.22. The third-order valence-electron chi connectivity index (χ3n) is 4.63. The molecule has 1 saturated heterocycles. The molecule has 2 aromatic rings. The van der Waals surface area contributed by atoms with Gasteiger partial charge >= 0.3 is 0 Å². The summed E-state index contributed by atoms with van der Waals surface area (Å²) in [4.78, 5) is 11.4. The van der Waals surface area contributed by atoms with Crippen molar-refractivity contribution >= 4 is 29.9 Å². The summed E-state index contributed by atoms with van der Waals surface area (Å²) in [7, 11) is 0. The normalized spacial score (nSPS) is 14.8. The van der Waals surface area contributed by atoms with Crippen LogP contribution in [0.2, 0.25) is 0 Å². The van der Waals surface area contributed by atoms with E-state index in [1.54, 1.807) is 6.20 Å². The van der Waals surface area contributed by atoms with Gasteiger partial charge in [-0.25, -0.2) is 9.98 Å². The summed E-state index contributed by atoms with van der Waals surface area (Å²) in [6.45, 7) is 7.99. The maximum atomic E-state index is 6.10. The van der Waals surface area contributed by atoms with Gasteiger partial charge in [-0.05, 0) is 37.6 Å². The van der Waals surface area contributed by atoms with Crippen molar-refractivity contribution in [3.8, 4) is 11.6 Å². The van der Waals surface area contributed by atoms with Gasteiger partial charge in [-0.2, -0.15) is 0 Å². The minimum Gasteiger partial charge on any atom is -0.490 e. The topological polar surface area (TPSA) is 59.0 Å². The Balaban J connectivity index is 0.00000300. The molecule has 2 heterocycles. The lowest BCUT2D eigenvalue weighted by molar-refractivity contribution is 0.129. The molecular formula is C22H31IN4O2. The molecule has 0 radical (unpaired) electrons. The van der Waals surface area contributed by atoms with Crippen molar-refractivity contribution in [2.75, 3.05) is 26.2 Å². The lowest BCUT2D eigenvalue weighted by Gasteiger charge is -2.34. The van der Waals surface area contributed by atoms with E-state index in [4.69, 9.17) is 14.5 Å². The van der Waals surface area contributed by atoms with E-state index in [2.05, 4.69) is 22.1 Å². The van der Waals surface area contributed by atoms with Gasteiger partial charge in [0.25, 0.3) is 0 Å². The largest absolute Gasteiger partial charge is 0.490 e. The highest BCUT2D eigenvalue weighted by Crippen LogP contribution is 2.19. The predicted molar refractivity (Wildman–Crippen MR) is 127 cm³/mol. The first-order chi connectivity index (χ1) is 13.8. The minimum absolute atomic E-state index is 0. The Morgan fingerprint density at radius 1 is 1.17 bits per heavy atom. The zero-order chi connectivity index (χ0) is 19.6. The molecule has 0 amide bonds. The van der Waals surface area contributed by atoms with Gasteiger partial charge < -0.3 is 19.7 Å². The Morgan fingerprint density at radius 3 is 2.62 bits per heavy atom. The van der Waals surface area contributed by atoms with Crippen molar-refractivity contribution in [3.63, 3.8) is 0 Å². The first kappa shape index (κ1) is 23.3. The number of aliphatic imine (C=N–C) groups is 1. The Hall–Kier alpha value is -2.03. The molecule has 29 heavy (non-hydrogen) atoms. The van der Waals surface area contributed by atoms with E-state index in [0.717, 1.165) is 49.7 Å². The standard InChI is InChI=1S/C22H30N4O2.HI/c1-3-23-22(25-17-18-10-13-24-21(16-18)27-4-2)26-14-11-20(12-15-26)28-19-8-6-5-7-9-19;/h5-10,13,16,20H,3-4,11-12,14-15,17H2,1-2H3,(H,23,25);1H. The van der Waals surface area contributed by atoms with Crippen LogP contribution in [-0.2, 0) is 6.54 Å². The molecule has 1 aliphatic heterocycles. The van der Waals surface area contributed by atoms with Crippen LogP contribution in [0.4, 0.5) is 0 Å². The predicted octanol–water partition coefficient (Wildman–Crippen LogP) is 4.11. The van der Waals surface area contributed by atoms with Gasteiger partial charge in [0, 0.05) is 44.7 Å². The summed E-state index contributed by atoms with van der Waals surface area (Å²) in [5.41, 5.74) is 1.09. The van der Waals surface area contributed by atoms with Gasteiger partial charge in [-0.3, -0.25) is 0 Å². The van der Waals surface area contributed by atoms with Crippen LogP contribution in [-0.4, -0.2) is 48.2 Å². The summed E-state index contributed by atoms with van der Waals surface area (Å²) >= 11 is 0. The van der Waals surface area contributed by atoms with Gasteiger partial charge in [0.05, 0.1) is 13.2 Å². The summed E-state index contributed by atoms with van der Waals surface area (Å²) in [5.74, 6) is 2.55. The number of likely N-dealkylation sites (tertiary alicyclic amines) is 1. The van der Waals surface area contributed by atoms with Crippen molar-refractivity contribution in [1.29, 1.82) is 0 Å². The van der Waals surface area contributed by atoms with E-state index in [9.17, 15) is 0 Å². The van der Waals surface area contributed by atoms with Gasteiger partial charge in [-0.1, -0.05) is 18.2 Å². The number of para-hydroxylation sites is 1. The number of nitrogens with one attached hydrogen (secondary N) is 1. The maximum absolute atomic E-state index is 6.10.